The summed E-state index contributed by atoms with van der Waals surface area (Å²) in [6.07, 6.45) is 0.791. The standard InChI is InChI=1S/C19H22O4/c1-15-13-22-18-9-4-2-7-16(18)20-11-6-12-21-17-8-3-5-10-19(17)23-14-15/h2-5,7-10,15H,6,11-14H2,1H3. The first-order valence-corrected chi connectivity index (χ1v) is 8.02. The van der Waals surface area contributed by atoms with Crippen molar-refractivity contribution in [3.05, 3.63) is 48.5 Å². The highest BCUT2D eigenvalue weighted by Gasteiger charge is 2.11. The zero-order valence-corrected chi connectivity index (χ0v) is 13.4. The van der Waals surface area contributed by atoms with Gasteiger partial charge in [-0.25, -0.2) is 0 Å². The quantitative estimate of drug-likeness (QED) is 0.738. The summed E-state index contributed by atoms with van der Waals surface area (Å²) in [4.78, 5) is 0. The topological polar surface area (TPSA) is 36.9 Å². The van der Waals surface area contributed by atoms with Gasteiger partial charge in [0.2, 0.25) is 0 Å². The van der Waals surface area contributed by atoms with E-state index in [1.165, 1.54) is 0 Å². The molecule has 1 heterocycles. The first-order chi connectivity index (χ1) is 11.3. The molecule has 1 aliphatic heterocycles. The second kappa shape index (κ2) is 7.77. The van der Waals surface area contributed by atoms with E-state index >= 15 is 0 Å². The van der Waals surface area contributed by atoms with E-state index in [2.05, 4.69) is 6.92 Å². The van der Waals surface area contributed by atoms with E-state index in [0.29, 0.717) is 26.4 Å². The van der Waals surface area contributed by atoms with E-state index in [1.54, 1.807) is 0 Å². The summed E-state index contributed by atoms with van der Waals surface area (Å²) < 4.78 is 23.4. The molecule has 0 N–H and O–H groups in total. The van der Waals surface area contributed by atoms with Gasteiger partial charge in [-0.15, -0.1) is 0 Å². The Hall–Kier alpha value is -2.36. The van der Waals surface area contributed by atoms with E-state index in [9.17, 15) is 0 Å². The van der Waals surface area contributed by atoms with Crippen molar-refractivity contribution in [2.75, 3.05) is 26.4 Å². The van der Waals surface area contributed by atoms with Gasteiger partial charge in [0.25, 0.3) is 0 Å². The molecule has 0 bridgehead atoms. The van der Waals surface area contributed by atoms with Crippen LogP contribution in [0.4, 0.5) is 0 Å². The number of rotatable bonds is 0. The van der Waals surface area contributed by atoms with Gasteiger partial charge in [0.1, 0.15) is 0 Å². The Morgan fingerprint density at radius 3 is 1.48 bits per heavy atom. The van der Waals surface area contributed by atoms with Crippen molar-refractivity contribution in [2.24, 2.45) is 5.92 Å². The lowest BCUT2D eigenvalue weighted by Crippen LogP contribution is -2.18. The molecular formula is C19H22O4. The van der Waals surface area contributed by atoms with Gasteiger partial charge in [0, 0.05) is 12.3 Å². The Kier molecular flexibility index (Phi) is 5.25. The summed E-state index contributed by atoms with van der Waals surface area (Å²) in [5.74, 6) is 3.35. The first-order valence-electron chi connectivity index (χ1n) is 8.02. The van der Waals surface area contributed by atoms with Crippen LogP contribution in [0.15, 0.2) is 48.5 Å². The maximum atomic E-state index is 5.90. The molecule has 0 spiro atoms. The molecule has 4 heteroatoms. The second-order valence-corrected chi connectivity index (χ2v) is 5.67. The summed E-state index contributed by atoms with van der Waals surface area (Å²) in [5.41, 5.74) is 0. The van der Waals surface area contributed by atoms with Gasteiger partial charge in [0.05, 0.1) is 26.4 Å². The number of fused-ring (bicyclic) bond motifs is 2. The van der Waals surface area contributed by atoms with Gasteiger partial charge in [-0.2, -0.15) is 0 Å². The molecule has 122 valence electrons. The Morgan fingerprint density at radius 2 is 1.04 bits per heavy atom. The molecular weight excluding hydrogens is 292 g/mol. The maximum absolute atomic E-state index is 5.90. The average molecular weight is 314 g/mol. The van der Waals surface area contributed by atoms with E-state index < -0.39 is 0 Å². The SMILES string of the molecule is CC1COc2ccccc2OCCCOc2ccccc2OC1. The number of ether oxygens (including phenoxy) is 4. The fraction of sp³-hybridized carbons (Fsp3) is 0.368. The van der Waals surface area contributed by atoms with Gasteiger partial charge in [-0.05, 0) is 24.3 Å². The minimum Gasteiger partial charge on any atom is -0.490 e. The van der Waals surface area contributed by atoms with Crippen LogP contribution >= 0.6 is 0 Å². The van der Waals surface area contributed by atoms with Crippen LogP contribution in [0.1, 0.15) is 13.3 Å². The van der Waals surface area contributed by atoms with E-state index in [0.717, 1.165) is 29.4 Å². The molecule has 4 nitrogen and oxygen atoms in total. The Bertz CT molecular complexity index is 573. The number of benzene rings is 2. The van der Waals surface area contributed by atoms with Crippen LogP contribution in [0.5, 0.6) is 23.0 Å². The van der Waals surface area contributed by atoms with Crippen molar-refractivity contribution < 1.29 is 18.9 Å². The van der Waals surface area contributed by atoms with Crippen LogP contribution in [0.25, 0.3) is 0 Å². The zero-order chi connectivity index (χ0) is 15.9. The third kappa shape index (κ3) is 4.31. The Labute approximate surface area is 136 Å². The fourth-order valence-electron chi connectivity index (χ4n) is 2.31. The molecule has 0 saturated heterocycles. The number of hydrogen-bond donors (Lipinski definition) is 0. The van der Waals surface area contributed by atoms with Crippen molar-refractivity contribution in [3.63, 3.8) is 0 Å². The monoisotopic (exact) mass is 314 g/mol. The lowest BCUT2D eigenvalue weighted by molar-refractivity contribution is 0.168. The van der Waals surface area contributed by atoms with Crippen molar-refractivity contribution >= 4 is 0 Å². The lowest BCUT2D eigenvalue weighted by Gasteiger charge is -2.19. The first kappa shape index (κ1) is 15.5. The predicted octanol–water partition coefficient (Wildman–Crippen LogP) is 3.94. The van der Waals surface area contributed by atoms with Crippen molar-refractivity contribution in [1.82, 2.24) is 0 Å². The molecule has 0 aromatic heterocycles. The Morgan fingerprint density at radius 1 is 0.652 bits per heavy atom. The van der Waals surface area contributed by atoms with Gasteiger partial charge >= 0.3 is 0 Å². The third-order valence-electron chi connectivity index (χ3n) is 3.55. The molecule has 0 unspecified atom stereocenters. The minimum atomic E-state index is 0.249. The average Bonchev–Trinajstić information content (AvgIpc) is 2.59. The molecule has 0 radical (unpaired) electrons. The summed E-state index contributed by atoms with van der Waals surface area (Å²) in [5, 5.41) is 0. The third-order valence-corrected chi connectivity index (χ3v) is 3.55. The summed E-state index contributed by atoms with van der Waals surface area (Å²) >= 11 is 0. The van der Waals surface area contributed by atoms with Gasteiger partial charge in [0.15, 0.2) is 23.0 Å². The molecule has 0 amide bonds. The van der Waals surface area contributed by atoms with Crippen molar-refractivity contribution in [2.45, 2.75) is 13.3 Å². The second-order valence-electron chi connectivity index (χ2n) is 5.67. The van der Waals surface area contributed by atoms with Crippen LogP contribution in [0.3, 0.4) is 0 Å². The maximum Gasteiger partial charge on any atom is 0.161 e. The van der Waals surface area contributed by atoms with Crippen LogP contribution < -0.4 is 18.9 Å². The molecule has 0 aliphatic carbocycles. The van der Waals surface area contributed by atoms with Crippen LogP contribution in [0.2, 0.25) is 0 Å². The molecule has 0 atom stereocenters. The van der Waals surface area contributed by atoms with Crippen molar-refractivity contribution in [3.8, 4) is 23.0 Å². The molecule has 0 fully saturated rings. The summed E-state index contributed by atoms with van der Waals surface area (Å²) in [7, 11) is 0. The Balaban J connectivity index is 1.72. The molecule has 23 heavy (non-hydrogen) atoms. The highest BCUT2D eigenvalue weighted by Crippen LogP contribution is 2.29. The van der Waals surface area contributed by atoms with Gasteiger partial charge < -0.3 is 18.9 Å². The van der Waals surface area contributed by atoms with Crippen LogP contribution in [-0.2, 0) is 0 Å². The molecule has 0 saturated carbocycles. The minimum absolute atomic E-state index is 0.249. The molecule has 2 aromatic carbocycles. The highest BCUT2D eigenvalue weighted by molar-refractivity contribution is 5.40. The largest absolute Gasteiger partial charge is 0.490 e. The van der Waals surface area contributed by atoms with Crippen LogP contribution in [-0.4, -0.2) is 26.4 Å². The predicted molar refractivity (Wildman–Crippen MR) is 88.6 cm³/mol. The lowest BCUT2D eigenvalue weighted by atomic mass is 10.2. The van der Waals surface area contributed by atoms with E-state index in [4.69, 9.17) is 18.9 Å². The molecule has 3 rings (SSSR count). The summed E-state index contributed by atoms with van der Waals surface area (Å²) in [6, 6.07) is 15.5. The van der Waals surface area contributed by atoms with Gasteiger partial charge in [-0.3, -0.25) is 0 Å². The van der Waals surface area contributed by atoms with Gasteiger partial charge in [-0.1, -0.05) is 31.2 Å². The zero-order valence-electron chi connectivity index (χ0n) is 13.4. The van der Waals surface area contributed by atoms with Crippen molar-refractivity contribution in [1.29, 1.82) is 0 Å². The number of hydrogen-bond acceptors (Lipinski definition) is 4. The smallest absolute Gasteiger partial charge is 0.161 e. The summed E-state index contributed by atoms with van der Waals surface area (Å²) in [6.45, 7) is 4.41. The highest BCUT2D eigenvalue weighted by atomic mass is 16.5. The molecule has 1 aliphatic rings. The number of para-hydroxylation sites is 4. The van der Waals surface area contributed by atoms with E-state index in [-0.39, 0.29) is 5.92 Å². The van der Waals surface area contributed by atoms with Crippen LogP contribution in [0, 0.1) is 5.92 Å². The normalized spacial score (nSPS) is 16.4. The van der Waals surface area contributed by atoms with E-state index in [1.807, 2.05) is 48.5 Å². The molecule has 2 aromatic rings. The fourth-order valence-corrected chi connectivity index (χ4v) is 2.31.